The lowest BCUT2D eigenvalue weighted by atomic mass is 10.2. The van der Waals surface area contributed by atoms with Gasteiger partial charge in [0.1, 0.15) is 11.8 Å². The van der Waals surface area contributed by atoms with Crippen molar-refractivity contribution >= 4 is 0 Å². The Morgan fingerprint density at radius 1 is 1.11 bits per heavy atom. The number of rotatable bonds is 4. The van der Waals surface area contributed by atoms with E-state index >= 15 is 0 Å². The lowest BCUT2D eigenvalue weighted by Crippen LogP contribution is -2.12. The molecule has 3 nitrogen and oxygen atoms in total. The third-order valence-electron chi connectivity index (χ3n) is 2.38. The van der Waals surface area contributed by atoms with E-state index in [1.54, 1.807) is 12.1 Å². The fourth-order valence-electron chi connectivity index (χ4n) is 1.51. The molecule has 2 aromatic rings. The molecule has 1 N–H and O–H groups in total. The first kappa shape index (κ1) is 12.3. The second-order valence-electron chi connectivity index (χ2n) is 3.73. The molecule has 0 unspecified atom stereocenters. The second-order valence-corrected chi connectivity index (χ2v) is 3.73. The van der Waals surface area contributed by atoms with Crippen LogP contribution in [0.1, 0.15) is 17.1 Å². The molecule has 0 saturated carbocycles. The van der Waals surface area contributed by atoms with Crippen molar-refractivity contribution in [2.75, 3.05) is 0 Å². The average Bonchev–Trinajstić information content (AvgIpc) is 2.82. The van der Waals surface area contributed by atoms with Crippen molar-refractivity contribution in [1.29, 1.82) is 5.26 Å². The zero-order valence-corrected chi connectivity index (χ0v) is 9.41. The minimum Gasteiger partial charge on any atom is -0.449 e. The first-order chi connectivity index (χ1) is 8.69. The van der Waals surface area contributed by atoms with Gasteiger partial charge in [-0.2, -0.15) is 5.26 Å². The summed E-state index contributed by atoms with van der Waals surface area (Å²) >= 11 is 0. The Labute approximate surface area is 103 Å². The van der Waals surface area contributed by atoms with Crippen LogP contribution < -0.4 is 5.32 Å². The Balaban J connectivity index is 1.88. The van der Waals surface area contributed by atoms with Crippen LogP contribution in [0.4, 0.5) is 8.78 Å². The van der Waals surface area contributed by atoms with Crippen molar-refractivity contribution in [3.63, 3.8) is 0 Å². The molecule has 0 bridgehead atoms. The highest BCUT2D eigenvalue weighted by atomic mass is 19.2. The van der Waals surface area contributed by atoms with Gasteiger partial charge in [0.25, 0.3) is 0 Å². The normalized spacial score (nSPS) is 10.3. The zero-order valence-electron chi connectivity index (χ0n) is 9.41. The van der Waals surface area contributed by atoms with Crippen LogP contribution in [-0.2, 0) is 13.1 Å². The van der Waals surface area contributed by atoms with Crippen LogP contribution >= 0.6 is 0 Å². The highest BCUT2D eigenvalue weighted by Gasteiger charge is 2.03. The van der Waals surface area contributed by atoms with Crippen LogP contribution in [0, 0.1) is 23.0 Å². The Bertz CT molecular complexity index is 587. The van der Waals surface area contributed by atoms with Crippen molar-refractivity contribution in [1.82, 2.24) is 5.32 Å². The molecule has 0 atom stereocenters. The van der Waals surface area contributed by atoms with Gasteiger partial charge in [0.2, 0.25) is 5.76 Å². The van der Waals surface area contributed by atoms with E-state index in [4.69, 9.17) is 9.68 Å². The zero-order chi connectivity index (χ0) is 13.0. The molecule has 0 radical (unpaired) electrons. The third kappa shape index (κ3) is 2.93. The molecule has 2 rings (SSSR count). The molecule has 0 spiro atoms. The molecule has 5 heteroatoms. The van der Waals surface area contributed by atoms with Gasteiger partial charge in [0.05, 0.1) is 6.54 Å². The molecule has 0 aliphatic rings. The Morgan fingerprint density at radius 3 is 2.61 bits per heavy atom. The van der Waals surface area contributed by atoms with Crippen LogP contribution in [0.25, 0.3) is 0 Å². The van der Waals surface area contributed by atoms with Gasteiger partial charge in [0.15, 0.2) is 11.6 Å². The smallest absolute Gasteiger partial charge is 0.203 e. The lowest BCUT2D eigenvalue weighted by molar-refractivity contribution is 0.472. The van der Waals surface area contributed by atoms with Gasteiger partial charge >= 0.3 is 0 Å². The maximum atomic E-state index is 12.9. The van der Waals surface area contributed by atoms with E-state index in [2.05, 4.69) is 5.32 Å². The Kier molecular flexibility index (Phi) is 3.70. The molecular formula is C13H10F2N2O. The van der Waals surface area contributed by atoms with Crippen LogP contribution in [0.2, 0.25) is 0 Å². The van der Waals surface area contributed by atoms with Crippen LogP contribution in [0.5, 0.6) is 0 Å². The largest absolute Gasteiger partial charge is 0.449 e. The predicted octanol–water partition coefficient (Wildman–Crippen LogP) is 2.72. The van der Waals surface area contributed by atoms with E-state index in [1.807, 2.05) is 6.07 Å². The maximum absolute atomic E-state index is 12.9. The fraction of sp³-hybridized carbons (Fsp3) is 0.154. The van der Waals surface area contributed by atoms with Gasteiger partial charge in [-0.25, -0.2) is 8.78 Å². The van der Waals surface area contributed by atoms with Gasteiger partial charge in [-0.15, -0.1) is 0 Å². The van der Waals surface area contributed by atoms with Crippen LogP contribution in [0.3, 0.4) is 0 Å². The molecule has 1 aromatic heterocycles. The lowest BCUT2D eigenvalue weighted by Gasteiger charge is -2.03. The number of hydrogen-bond donors (Lipinski definition) is 1. The summed E-state index contributed by atoms with van der Waals surface area (Å²) < 4.78 is 30.8. The monoisotopic (exact) mass is 248 g/mol. The highest BCUT2D eigenvalue weighted by molar-refractivity contribution is 5.20. The Morgan fingerprint density at radius 2 is 1.94 bits per heavy atom. The average molecular weight is 248 g/mol. The van der Waals surface area contributed by atoms with Crippen LogP contribution in [0.15, 0.2) is 34.7 Å². The molecule has 0 aliphatic carbocycles. The molecule has 0 saturated heterocycles. The first-order valence-electron chi connectivity index (χ1n) is 5.32. The Hall–Kier alpha value is -2.19. The standard InChI is InChI=1S/C13H10F2N2O/c14-12-4-1-9(5-13(12)15)7-17-8-11-3-2-10(6-16)18-11/h1-5,17H,7-8H2. The minimum atomic E-state index is -0.862. The van der Waals surface area contributed by atoms with Gasteiger partial charge < -0.3 is 9.73 Å². The topological polar surface area (TPSA) is 49.0 Å². The van der Waals surface area contributed by atoms with Gasteiger partial charge in [-0.1, -0.05) is 6.07 Å². The summed E-state index contributed by atoms with van der Waals surface area (Å²) in [6, 6.07) is 8.90. The summed E-state index contributed by atoms with van der Waals surface area (Å²) in [7, 11) is 0. The van der Waals surface area contributed by atoms with Gasteiger partial charge in [0, 0.05) is 6.54 Å². The molecule has 1 aromatic carbocycles. The molecular weight excluding hydrogens is 238 g/mol. The summed E-state index contributed by atoms with van der Waals surface area (Å²) in [6.07, 6.45) is 0. The van der Waals surface area contributed by atoms with E-state index in [0.29, 0.717) is 24.4 Å². The van der Waals surface area contributed by atoms with Crippen molar-refractivity contribution in [2.45, 2.75) is 13.1 Å². The number of benzene rings is 1. The molecule has 1 heterocycles. The summed E-state index contributed by atoms with van der Waals surface area (Å²) in [5, 5.41) is 11.6. The highest BCUT2D eigenvalue weighted by Crippen LogP contribution is 2.09. The predicted molar refractivity (Wildman–Crippen MR) is 60.3 cm³/mol. The van der Waals surface area contributed by atoms with Crippen molar-refractivity contribution in [2.24, 2.45) is 0 Å². The van der Waals surface area contributed by atoms with E-state index in [9.17, 15) is 8.78 Å². The summed E-state index contributed by atoms with van der Waals surface area (Å²) in [4.78, 5) is 0. The van der Waals surface area contributed by atoms with E-state index in [0.717, 1.165) is 12.1 Å². The van der Waals surface area contributed by atoms with Gasteiger partial charge in [-0.05, 0) is 29.8 Å². The number of hydrogen-bond acceptors (Lipinski definition) is 3. The van der Waals surface area contributed by atoms with Crippen molar-refractivity contribution in [3.05, 3.63) is 59.1 Å². The molecule has 92 valence electrons. The fourth-order valence-corrected chi connectivity index (χ4v) is 1.51. The number of furan rings is 1. The number of nitrogens with one attached hydrogen (secondary N) is 1. The third-order valence-corrected chi connectivity index (χ3v) is 2.38. The van der Waals surface area contributed by atoms with Gasteiger partial charge in [-0.3, -0.25) is 0 Å². The van der Waals surface area contributed by atoms with E-state index in [-0.39, 0.29) is 5.76 Å². The van der Waals surface area contributed by atoms with Crippen LogP contribution in [-0.4, -0.2) is 0 Å². The van der Waals surface area contributed by atoms with Crippen molar-refractivity contribution in [3.8, 4) is 6.07 Å². The number of nitriles is 1. The quantitative estimate of drug-likeness (QED) is 0.905. The van der Waals surface area contributed by atoms with E-state index < -0.39 is 11.6 Å². The molecule has 0 amide bonds. The molecule has 0 fully saturated rings. The van der Waals surface area contributed by atoms with E-state index in [1.165, 1.54) is 6.07 Å². The first-order valence-corrected chi connectivity index (χ1v) is 5.32. The van der Waals surface area contributed by atoms with Crippen molar-refractivity contribution < 1.29 is 13.2 Å². The summed E-state index contributed by atoms with van der Waals surface area (Å²) in [5.41, 5.74) is 0.640. The maximum Gasteiger partial charge on any atom is 0.203 e. The summed E-state index contributed by atoms with van der Waals surface area (Å²) in [5.74, 6) is -0.851. The number of halogens is 2. The second kappa shape index (κ2) is 5.43. The minimum absolute atomic E-state index is 0.250. The number of nitrogens with zero attached hydrogens (tertiary/aromatic N) is 1. The SMILES string of the molecule is N#Cc1ccc(CNCc2ccc(F)c(F)c2)o1. The molecule has 18 heavy (non-hydrogen) atoms. The summed E-state index contributed by atoms with van der Waals surface area (Å²) in [6.45, 7) is 0.806. The molecule has 0 aliphatic heterocycles.